The SMILES string of the molecule is c1ccc(-n2c3ccccc3c3cc(-c4ccc5nc6c7c(nccc7c5c4)-c4ccccc4O6)ccc32)cc1. The highest BCUT2D eigenvalue weighted by Gasteiger charge is 2.23. The van der Waals surface area contributed by atoms with Crippen LogP contribution in [0.4, 0.5) is 0 Å². The van der Waals surface area contributed by atoms with Crippen molar-refractivity contribution in [2.45, 2.75) is 0 Å². The smallest absolute Gasteiger partial charge is 0.229 e. The Bertz CT molecular complexity index is 2300. The topological polar surface area (TPSA) is 39.9 Å². The third-order valence-corrected chi connectivity index (χ3v) is 8.04. The minimum Gasteiger partial charge on any atom is -0.438 e. The van der Waals surface area contributed by atoms with E-state index in [1.165, 1.54) is 27.4 Å². The van der Waals surface area contributed by atoms with Gasteiger partial charge in [0, 0.05) is 39.0 Å². The molecule has 0 radical (unpaired) electrons. The zero-order chi connectivity index (χ0) is 26.2. The molecule has 0 fully saturated rings. The second-order valence-electron chi connectivity index (χ2n) is 10.2. The summed E-state index contributed by atoms with van der Waals surface area (Å²) in [4.78, 5) is 9.66. The Morgan fingerprint density at radius 1 is 0.575 bits per heavy atom. The molecule has 0 bridgehead atoms. The second kappa shape index (κ2) is 8.01. The minimum atomic E-state index is 0.618. The van der Waals surface area contributed by atoms with E-state index in [-0.39, 0.29) is 0 Å². The molecule has 4 heterocycles. The first-order chi connectivity index (χ1) is 19.8. The summed E-state index contributed by atoms with van der Waals surface area (Å²) in [5.41, 5.74) is 8.71. The molecule has 0 amide bonds. The van der Waals surface area contributed by atoms with E-state index in [4.69, 9.17) is 14.7 Å². The summed E-state index contributed by atoms with van der Waals surface area (Å²) in [5.74, 6) is 1.41. The Labute approximate surface area is 229 Å². The molecule has 1 aliphatic rings. The molecule has 0 atom stereocenters. The average Bonchev–Trinajstić information content (AvgIpc) is 3.35. The molecule has 0 aliphatic carbocycles. The maximum absolute atomic E-state index is 6.25. The summed E-state index contributed by atoms with van der Waals surface area (Å²) < 4.78 is 8.59. The molecule has 3 aromatic heterocycles. The third kappa shape index (κ3) is 2.96. The number of para-hydroxylation sites is 3. The summed E-state index contributed by atoms with van der Waals surface area (Å²) in [6.45, 7) is 0. The van der Waals surface area contributed by atoms with E-state index in [1.807, 2.05) is 24.4 Å². The fourth-order valence-corrected chi connectivity index (χ4v) is 6.24. The van der Waals surface area contributed by atoms with Crippen molar-refractivity contribution in [3.05, 3.63) is 128 Å². The molecule has 0 saturated carbocycles. The van der Waals surface area contributed by atoms with Crippen LogP contribution in [0.25, 0.3) is 71.6 Å². The van der Waals surface area contributed by atoms with E-state index in [0.29, 0.717) is 5.88 Å². The molecular formula is C36H21N3O. The van der Waals surface area contributed by atoms with E-state index in [2.05, 4.69) is 108 Å². The highest BCUT2D eigenvalue weighted by Crippen LogP contribution is 2.46. The average molecular weight is 512 g/mol. The molecule has 0 saturated heterocycles. The predicted octanol–water partition coefficient (Wildman–Crippen LogP) is 9.32. The molecule has 0 N–H and O–H groups in total. The lowest BCUT2D eigenvalue weighted by Gasteiger charge is -2.20. The molecule has 5 aromatic carbocycles. The van der Waals surface area contributed by atoms with Gasteiger partial charge in [-0.3, -0.25) is 4.98 Å². The van der Waals surface area contributed by atoms with Crippen LogP contribution in [-0.2, 0) is 0 Å². The Morgan fingerprint density at radius 2 is 1.32 bits per heavy atom. The second-order valence-corrected chi connectivity index (χ2v) is 10.2. The van der Waals surface area contributed by atoms with Gasteiger partial charge in [0.2, 0.25) is 5.88 Å². The summed E-state index contributed by atoms with van der Waals surface area (Å²) in [5, 5.41) is 5.64. The molecule has 1 aliphatic heterocycles. The summed E-state index contributed by atoms with van der Waals surface area (Å²) >= 11 is 0. The standard InChI is InChI=1S/C36H21N3O/c1-2-8-24(9-3-1)39-31-12-6-4-10-25(31)29-21-23(15-17-32(29)39)22-14-16-30-28(20-22)26-18-19-37-35-27-11-5-7-13-33(27)40-36(38-30)34(26)35/h1-21H. The van der Waals surface area contributed by atoms with Gasteiger partial charge in [0.15, 0.2) is 0 Å². The molecule has 186 valence electrons. The molecule has 9 rings (SSSR count). The Kier molecular flexibility index (Phi) is 4.30. The predicted molar refractivity (Wildman–Crippen MR) is 162 cm³/mol. The Hall–Kier alpha value is -5.48. The number of hydrogen-bond acceptors (Lipinski definition) is 3. The van der Waals surface area contributed by atoms with E-state index in [1.54, 1.807) is 0 Å². The minimum absolute atomic E-state index is 0.618. The summed E-state index contributed by atoms with van der Waals surface area (Å²) in [7, 11) is 0. The molecular weight excluding hydrogens is 490 g/mol. The Balaban J connectivity index is 1.27. The lowest BCUT2D eigenvalue weighted by Crippen LogP contribution is -2.01. The van der Waals surface area contributed by atoms with Gasteiger partial charge in [-0.2, -0.15) is 0 Å². The lowest BCUT2D eigenvalue weighted by atomic mass is 9.96. The van der Waals surface area contributed by atoms with Crippen molar-refractivity contribution in [1.82, 2.24) is 14.5 Å². The molecule has 4 heteroatoms. The van der Waals surface area contributed by atoms with Crippen LogP contribution in [-0.4, -0.2) is 14.5 Å². The van der Waals surface area contributed by atoms with Crippen molar-refractivity contribution in [1.29, 1.82) is 0 Å². The first-order valence-electron chi connectivity index (χ1n) is 13.4. The van der Waals surface area contributed by atoms with Gasteiger partial charge in [-0.1, -0.05) is 60.7 Å². The van der Waals surface area contributed by atoms with Crippen molar-refractivity contribution >= 4 is 43.5 Å². The summed E-state index contributed by atoms with van der Waals surface area (Å²) in [6, 6.07) is 42.6. The number of ether oxygens (including phenoxy) is 1. The third-order valence-electron chi connectivity index (χ3n) is 8.04. The fourth-order valence-electron chi connectivity index (χ4n) is 6.24. The highest BCUT2D eigenvalue weighted by molar-refractivity contribution is 6.15. The van der Waals surface area contributed by atoms with E-state index < -0.39 is 0 Å². The number of aromatic nitrogens is 3. The Morgan fingerprint density at radius 3 is 2.25 bits per heavy atom. The van der Waals surface area contributed by atoms with Crippen LogP contribution < -0.4 is 4.74 Å². The van der Waals surface area contributed by atoms with Crippen molar-refractivity contribution < 1.29 is 4.74 Å². The van der Waals surface area contributed by atoms with Crippen molar-refractivity contribution in [2.24, 2.45) is 0 Å². The van der Waals surface area contributed by atoms with Crippen LogP contribution in [0.1, 0.15) is 0 Å². The van der Waals surface area contributed by atoms with Gasteiger partial charge >= 0.3 is 0 Å². The van der Waals surface area contributed by atoms with Crippen molar-refractivity contribution in [3.8, 4) is 39.7 Å². The lowest BCUT2D eigenvalue weighted by molar-refractivity contribution is 0.469. The maximum atomic E-state index is 6.25. The maximum Gasteiger partial charge on any atom is 0.229 e. The number of fused-ring (bicyclic) bond motifs is 7. The monoisotopic (exact) mass is 511 g/mol. The number of hydrogen-bond donors (Lipinski definition) is 0. The van der Waals surface area contributed by atoms with Crippen molar-refractivity contribution in [3.63, 3.8) is 0 Å². The zero-order valence-corrected chi connectivity index (χ0v) is 21.4. The molecule has 0 spiro atoms. The van der Waals surface area contributed by atoms with Gasteiger partial charge in [0.1, 0.15) is 5.75 Å². The van der Waals surface area contributed by atoms with Crippen LogP contribution in [0.5, 0.6) is 11.6 Å². The summed E-state index contributed by atoms with van der Waals surface area (Å²) in [6.07, 6.45) is 1.89. The van der Waals surface area contributed by atoms with Crippen molar-refractivity contribution in [2.75, 3.05) is 0 Å². The number of rotatable bonds is 2. The van der Waals surface area contributed by atoms with Crippen LogP contribution in [0.3, 0.4) is 0 Å². The number of benzene rings is 5. The molecule has 40 heavy (non-hydrogen) atoms. The van der Waals surface area contributed by atoms with Gasteiger partial charge in [-0.05, 0) is 71.8 Å². The van der Waals surface area contributed by atoms with Gasteiger partial charge in [-0.25, -0.2) is 4.98 Å². The first-order valence-corrected chi connectivity index (χ1v) is 13.4. The normalized spacial score (nSPS) is 12.2. The van der Waals surface area contributed by atoms with Gasteiger partial charge in [-0.15, -0.1) is 0 Å². The molecule has 8 aromatic rings. The van der Waals surface area contributed by atoms with Crippen LogP contribution in [0.15, 0.2) is 128 Å². The van der Waals surface area contributed by atoms with E-state index in [9.17, 15) is 0 Å². The van der Waals surface area contributed by atoms with Gasteiger partial charge < -0.3 is 9.30 Å². The number of pyridine rings is 2. The van der Waals surface area contributed by atoms with Gasteiger partial charge in [0.25, 0.3) is 0 Å². The van der Waals surface area contributed by atoms with E-state index >= 15 is 0 Å². The number of nitrogens with zero attached hydrogens (tertiary/aromatic N) is 3. The van der Waals surface area contributed by atoms with E-state index in [0.717, 1.165) is 49.9 Å². The van der Waals surface area contributed by atoms with Crippen LogP contribution in [0, 0.1) is 0 Å². The quantitative estimate of drug-likeness (QED) is 0.217. The van der Waals surface area contributed by atoms with Crippen LogP contribution >= 0.6 is 0 Å². The fraction of sp³-hybridized carbons (Fsp3) is 0. The molecule has 4 nitrogen and oxygen atoms in total. The first kappa shape index (κ1) is 21.5. The largest absolute Gasteiger partial charge is 0.438 e. The highest BCUT2D eigenvalue weighted by atomic mass is 16.5. The van der Waals surface area contributed by atoms with Crippen LogP contribution in [0.2, 0.25) is 0 Å². The van der Waals surface area contributed by atoms with Gasteiger partial charge in [0.05, 0.1) is 27.6 Å². The molecule has 0 unspecified atom stereocenters. The zero-order valence-electron chi connectivity index (χ0n) is 21.4.